The molecule has 0 aromatic rings. The van der Waals surface area contributed by atoms with Crippen molar-refractivity contribution in [1.82, 2.24) is 15.5 Å². The zero-order chi connectivity index (χ0) is 13.2. The summed E-state index contributed by atoms with van der Waals surface area (Å²) in [5, 5.41) is 6.16. The lowest BCUT2D eigenvalue weighted by Gasteiger charge is -2.35. The van der Waals surface area contributed by atoms with Crippen LogP contribution in [0.3, 0.4) is 0 Å². The van der Waals surface area contributed by atoms with Crippen LogP contribution in [0.2, 0.25) is 0 Å². The third kappa shape index (κ3) is 2.49. The largest absolute Gasteiger partial charge is 0.368 e. The highest BCUT2D eigenvalue weighted by molar-refractivity contribution is 5.87. The second-order valence-electron chi connectivity index (χ2n) is 5.10. The van der Waals surface area contributed by atoms with Crippen LogP contribution in [0, 0.1) is 0 Å². The van der Waals surface area contributed by atoms with Crippen molar-refractivity contribution in [3.63, 3.8) is 0 Å². The lowest BCUT2D eigenvalue weighted by molar-refractivity contribution is -0.147. The summed E-state index contributed by atoms with van der Waals surface area (Å²) >= 11 is 0. The van der Waals surface area contributed by atoms with Gasteiger partial charge in [-0.05, 0) is 25.9 Å². The van der Waals surface area contributed by atoms with E-state index in [4.69, 9.17) is 4.74 Å². The molecule has 2 saturated heterocycles. The van der Waals surface area contributed by atoms with Gasteiger partial charge < -0.3 is 20.3 Å². The Kier molecular flexibility index (Phi) is 3.87. The monoisotopic (exact) mass is 255 g/mol. The maximum Gasteiger partial charge on any atom is 0.252 e. The number of rotatable bonds is 3. The lowest BCUT2D eigenvalue weighted by atomic mass is 9.90. The Labute approximate surface area is 107 Å². The molecule has 6 nitrogen and oxygen atoms in total. The van der Waals surface area contributed by atoms with Gasteiger partial charge >= 0.3 is 0 Å². The fourth-order valence-corrected chi connectivity index (χ4v) is 2.63. The first kappa shape index (κ1) is 13.3. The molecule has 1 atom stereocenters. The smallest absolute Gasteiger partial charge is 0.252 e. The molecule has 0 radical (unpaired) electrons. The maximum atomic E-state index is 12.3. The van der Waals surface area contributed by atoms with E-state index in [0.29, 0.717) is 25.8 Å². The number of ether oxygens (including phenoxy) is 1. The molecule has 0 bridgehead atoms. The second-order valence-corrected chi connectivity index (χ2v) is 5.10. The Morgan fingerprint density at radius 1 is 1.50 bits per heavy atom. The first-order valence-corrected chi connectivity index (χ1v) is 6.38. The van der Waals surface area contributed by atoms with Crippen LogP contribution in [0.25, 0.3) is 0 Å². The predicted octanol–water partition coefficient (Wildman–Crippen LogP) is -0.898. The Hall–Kier alpha value is -1.14. The highest BCUT2D eigenvalue weighted by atomic mass is 16.5. The van der Waals surface area contributed by atoms with Crippen molar-refractivity contribution in [3.8, 4) is 0 Å². The third-order valence-corrected chi connectivity index (χ3v) is 3.89. The van der Waals surface area contributed by atoms with Crippen molar-refractivity contribution in [2.75, 3.05) is 33.8 Å². The summed E-state index contributed by atoms with van der Waals surface area (Å²) in [5.41, 5.74) is -0.727. The number of carbonyl (C=O) groups is 2. The van der Waals surface area contributed by atoms with Gasteiger partial charge in [0.1, 0.15) is 5.60 Å². The van der Waals surface area contributed by atoms with Crippen molar-refractivity contribution < 1.29 is 14.3 Å². The van der Waals surface area contributed by atoms with E-state index in [1.807, 2.05) is 0 Å². The molecule has 2 aliphatic heterocycles. The van der Waals surface area contributed by atoms with E-state index in [0.717, 1.165) is 13.1 Å². The Bertz CT molecular complexity index is 339. The first-order chi connectivity index (χ1) is 8.57. The van der Waals surface area contributed by atoms with Crippen molar-refractivity contribution in [2.24, 2.45) is 0 Å². The van der Waals surface area contributed by atoms with E-state index in [2.05, 4.69) is 10.6 Å². The van der Waals surface area contributed by atoms with Crippen molar-refractivity contribution >= 4 is 11.8 Å². The van der Waals surface area contributed by atoms with Gasteiger partial charge in [0, 0.05) is 27.1 Å². The molecule has 102 valence electrons. The minimum Gasteiger partial charge on any atom is -0.368 e. The van der Waals surface area contributed by atoms with Gasteiger partial charge in [-0.25, -0.2) is 0 Å². The van der Waals surface area contributed by atoms with Gasteiger partial charge in [-0.1, -0.05) is 0 Å². The molecule has 0 aliphatic carbocycles. The predicted molar refractivity (Wildman–Crippen MR) is 66.0 cm³/mol. The molecule has 2 N–H and O–H groups in total. The summed E-state index contributed by atoms with van der Waals surface area (Å²) in [7, 11) is 3.34. The Morgan fingerprint density at radius 3 is 2.67 bits per heavy atom. The average Bonchev–Trinajstić information content (AvgIpc) is 2.69. The Balaban J connectivity index is 1.96. The standard InChI is InChI=1S/C12H21N3O3/c1-15-8-9(7-10(15)16)14-11(17)12(18-2)3-5-13-6-4-12/h9,13H,3-8H2,1-2H3,(H,14,17). The fraction of sp³-hybridized carbons (Fsp3) is 0.833. The number of hydrogen-bond acceptors (Lipinski definition) is 4. The number of nitrogens with zero attached hydrogens (tertiary/aromatic N) is 1. The van der Waals surface area contributed by atoms with Crippen LogP contribution >= 0.6 is 0 Å². The van der Waals surface area contributed by atoms with Crippen LogP contribution in [0.1, 0.15) is 19.3 Å². The molecule has 0 spiro atoms. The number of likely N-dealkylation sites (N-methyl/N-ethyl adjacent to an activating group) is 1. The molecule has 0 saturated carbocycles. The summed E-state index contributed by atoms with van der Waals surface area (Å²) < 4.78 is 5.45. The quantitative estimate of drug-likeness (QED) is 0.686. The van der Waals surface area contributed by atoms with Crippen molar-refractivity contribution in [3.05, 3.63) is 0 Å². The van der Waals surface area contributed by atoms with Crippen LogP contribution in [-0.2, 0) is 14.3 Å². The SMILES string of the molecule is COC1(C(=O)NC2CC(=O)N(C)C2)CCNCC1. The maximum absolute atomic E-state index is 12.3. The molecule has 0 aromatic carbocycles. The molecule has 0 aromatic heterocycles. The summed E-state index contributed by atoms with van der Waals surface area (Å²) in [6.07, 6.45) is 1.73. The first-order valence-electron chi connectivity index (χ1n) is 6.38. The van der Waals surface area contributed by atoms with Gasteiger partial charge in [-0.3, -0.25) is 9.59 Å². The van der Waals surface area contributed by atoms with Crippen LogP contribution in [0.15, 0.2) is 0 Å². The molecule has 2 aliphatic rings. The number of piperidine rings is 1. The van der Waals surface area contributed by atoms with E-state index < -0.39 is 5.60 Å². The normalized spacial score (nSPS) is 27.3. The van der Waals surface area contributed by atoms with Crippen LogP contribution in [0.5, 0.6) is 0 Å². The number of likely N-dealkylation sites (tertiary alicyclic amines) is 1. The zero-order valence-electron chi connectivity index (χ0n) is 11.0. The topological polar surface area (TPSA) is 70.7 Å². The van der Waals surface area contributed by atoms with E-state index in [1.165, 1.54) is 0 Å². The van der Waals surface area contributed by atoms with Gasteiger partial charge in [-0.2, -0.15) is 0 Å². The number of hydrogen-bond donors (Lipinski definition) is 2. The molecule has 18 heavy (non-hydrogen) atoms. The molecule has 2 amide bonds. The fourth-order valence-electron chi connectivity index (χ4n) is 2.63. The minimum atomic E-state index is -0.727. The van der Waals surface area contributed by atoms with E-state index in [1.54, 1.807) is 19.1 Å². The highest BCUT2D eigenvalue weighted by Crippen LogP contribution is 2.23. The molecular formula is C12H21N3O3. The number of carbonyl (C=O) groups excluding carboxylic acids is 2. The van der Waals surface area contributed by atoms with Gasteiger partial charge in [0.2, 0.25) is 5.91 Å². The van der Waals surface area contributed by atoms with Crippen LogP contribution < -0.4 is 10.6 Å². The number of methoxy groups -OCH3 is 1. The van der Waals surface area contributed by atoms with E-state index in [9.17, 15) is 9.59 Å². The minimum absolute atomic E-state index is 0.0806. The van der Waals surface area contributed by atoms with Crippen molar-refractivity contribution in [1.29, 1.82) is 0 Å². The number of nitrogens with one attached hydrogen (secondary N) is 2. The Morgan fingerprint density at radius 2 is 2.17 bits per heavy atom. The zero-order valence-corrected chi connectivity index (χ0v) is 11.0. The van der Waals surface area contributed by atoms with Crippen molar-refractivity contribution in [2.45, 2.75) is 30.9 Å². The van der Waals surface area contributed by atoms with Gasteiger partial charge in [0.15, 0.2) is 0 Å². The molecule has 2 fully saturated rings. The van der Waals surface area contributed by atoms with Gasteiger partial charge in [-0.15, -0.1) is 0 Å². The van der Waals surface area contributed by atoms with Crippen LogP contribution in [0.4, 0.5) is 0 Å². The summed E-state index contributed by atoms with van der Waals surface area (Å²) in [4.78, 5) is 25.4. The molecule has 6 heteroatoms. The molecule has 2 heterocycles. The number of amides is 2. The van der Waals surface area contributed by atoms with E-state index >= 15 is 0 Å². The molecule has 2 rings (SSSR count). The van der Waals surface area contributed by atoms with Gasteiger partial charge in [0.05, 0.1) is 6.04 Å². The van der Waals surface area contributed by atoms with Crippen LogP contribution in [-0.4, -0.2) is 62.1 Å². The summed E-state index contributed by atoms with van der Waals surface area (Å²) in [6.45, 7) is 2.15. The molecule has 1 unspecified atom stereocenters. The lowest BCUT2D eigenvalue weighted by Crippen LogP contribution is -2.56. The third-order valence-electron chi connectivity index (χ3n) is 3.89. The molecular weight excluding hydrogens is 234 g/mol. The highest BCUT2D eigenvalue weighted by Gasteiger charge is 2.41. The summed E-state index contributed by atoms with van der Waals surface area (Å²) in [5.74, 6) is -0.00308. The summed E-state index contributed by atoms with van der Waals surface area (Å²) in [6, 6.07) is -0.0862. The van der Waals surface area contributed by atoms with Gasteiger partial charge in [0.25, 0.3) is 5.91 Å². The van der Waals surface area contributed by atoms with E-state index in [-0.39, 0.29) is 17.9 Å². The second kappa shape index (κ2) is 5.24. The average molecular weight is 255 g/mol.